The maximum Gasteiger partial charge on any atom is 0.244 e. The first-order chi connectivity index (χ1) is 17.3. The number of halogens is 3. The molecule has 0 aliphatic carbocycles. The van der Waals surface area contributed by atoms with E-state index in [2.05, 4.69) is 5.32 Å². The number of ether oxygens (including phenoxy) is 2. The highest BCUT2D eigenvalue weighted by Gasteiger charge is 2.22. The lowest BCUT2D eigenvalue weighted by atomic mass is 10.0. The molecule has 182 valence electrons. The Kier molecular flexibility index (Phi) is 6.15. The fourth-order valence-electron chi connectivity index (χ4n) is 3.91. The van der Waals surface area contributed by atoms with Crippen molar-refractivity contribution in [3.8, 4) is 11.5 Å². The van der Waals surface area contributed by atoms with E-state index in [1.807, 2.05) is 0 Å². The Labute approximate surface area is 207 Å². The lowest BCUT2D eigenvalue weighted by Gasteiger charge is -2.20. The maximum absolute atomic E-state index is 13.6. The number of fused-ring (bicyclic) bond motifs is 2. The molecule has 0 fully saturated rings. The van der Waals surface area contributed by atoms with Crippen LogP contribution >= 0.6 is 11.6 Å². The van der Waals surface area contributed by atoms with Crippen molar-refractivity contribution in [2.75, 3.05) is 18.5 Å². The zero-order valence-corrected chi connectivity index (χ0v) is 19.3. The van der Waals surface area contributed by atoms with Crippen LogP contribution in [0.1, 0.15) is 15.9 Å². The molecule has 10 heteroatoms. The lowest BCUT2D eigenvalue weighted by Crippen LogP contribution is -2.25. The fourth-order valence-corrected chi connectivity index (χ4v) is 4.03. The number of carbonyl (C=O) groups excluding carboxylic acids is 2. The van der Waals surface area contributed by atoms with Crippen molar-refractivity contribution < 1.29 is 27.8 Å². The molecule has 2 heterocycles. The molecular formula is C26H17ClF2N2O5. The van der Waals surface area contributed by atoms with E-state index in [0.29, 0.717) is 35.3 Å². The Morgan fingerprint density at radius 1 is 0.944 bits per heavy atom. The van der Waals surface area contributed by atoms with E-state index < -0.39 is 28.8 Å². The van der Waals surface area contributed by atoms with Gasteiger partial charge in [0.05, 0.1) is 16.5 Å². The largest absolute Gasteiger partial charge is 0.486 e. The summed E-state index contributed by atoms with van der Waals surface area (Å²) in [6, 6.07) is 12.1. The summed E-state index contributed by atoms with van der Waals surface area (Å²) in [7, 11) is 0. The SMILES string of the molecule is O=C(Cn1cc(C(=O)c2ccc(Cl)cc2)c(=O)c2cc3c(cc21)OCCO3)Nc1ccc(F)c(F)c1. The number of ketones is 1. The third-order valence-electron chi connectivity index (χ3n) is 5.61. The smallest absolute Gasteiger partial charge is 0.244 e. The molecule has 0 saturated carbocycles. The number of pyridine rings is 1. The Morgan fingerprint density at radius 3 is 2.33 bits per heavy atom. The monoisotopic (exact) mass is 510 g/mol. The first-order valence-corrected chi connectivity index (χ1v) is 11.2. The number of nitrogens with one attached hydrogen (secondary N) is 1. The van der Waals surface area contributed by atoms with Gasteiger partial charge in [-0.25, -0.2) is 8.78 Å². The normalized spacial score (nSPS) is 12.4. The van der Waals surface area contributed by atoms with E-state index in [1.54, 1.807) is 6.07 Å². The highest BCUT2D eigenvalue weighted by Crippen LogP contribution is 2.34. The van der Waals surface area contributed by atoms with Crippen molar-refractivity contribution in [2.24, 2.45) is 0 Å². The van der Waals surface area contributed by atoms with Gasteiger partial charge in [-0.2, -0.15) is 0 Å². The first-order valence-electron chi connectivity index (χ1n) is 10.8. The number of rotatable bonds is 5. The van der Waals surface area contributed by atoms with Gasteiger partial charge in [0.1, 0.15) is 19.8 Å². The highest BCUT2D eigenvalue weighted by atomic mass is 35.5. The van der Waals surface area contributed by atoms with Gasteiger partial charge >= 0.3 is 0 Å². The second-order valence-electron chi connectivity index (χ2n) is 8.03. The molecule has 7 nitrogen and oxygen atoms in total. The number of benzene rings is 3. The molecular weight excluding hydrogens is 494 g/mol. The summed E-state index contributed by atoms with van der Waals surface area (Å²) in [5, 5.41) is 3.07. The maximum atomic E-state index is 13.6. The zero-order chi connectivity index (χ0) is 25.4. The molecule has 4 aromatic rings. The summed E-state index contributed by atoms with van der Waals surface area (Å²) in [5.74, 6) is -2.56. The van der Waals surface area contributed by atoms with Gasteiger partial charge in [-0.05, 0) is 42.5 Å². The third-order valence-corrected chi connectivity index (χ3v) is 5.86. The summed E-state index contributed by atoms with van der Waals surface area (Å²) >= 11 is 5.92. The van der Waals surface area contributed by atoms with Crippen molar-refractivity contribution in [3.63, 3.8) is 0 Å². The average Bonchev–Trinajstić information content (AvgIpc) is 2.87. The van der Waals surface area contributed by atoms with Crippen molar-refractivity contribution in [3.05, 3.63) is 98.8 Å². The second kappa shape index (κ2) is 9.43. The van der Waals surface area contributed by atoms with E-state index >= 15 is 0 Å². The van der Waals surface area contributed by atoms with Crippen LogP contribution in [0.25, 0.3) is 10.9 Å². The van der Waals surface area contributed by atoms with Crippen LogP contribution in [0.5, 0.6) is 11.5 Å². The van der Waals surface area contributed by atoms with Crippen LogP contribution in [0.15, 0.2) is 65.6 Å². The molecule has 1 aliphatic heterocycles. The van der Waals surface area contributed by atoms with Crippen LogP contribution in [0.2, 0.25) is 5.02 Å². The van der Waals surface area contributed by atoms with Crippen molar-refractivity contribution >= 4 is 39.9 Å². The highest BCUT2D eigenvalue weighted by molar-refractivity contribution is 6.30. The Hall–Kier alpha value is -4.24. The number of amides is 1. The van der Waals surface area contributed by atoms with Gasteiger partial charge < -0.3 is 19.4 Å². The molecule has 1 N–H and O–H groups in total. The van der Waals surface area contributed by atoms with Crippen LogP contribution in [-0.2, 0) is 11.3 Å². The molecule has 0 bridgehead atoms. The van der Waals surface area contributed by atoms with Crippen molar-refractivity contribution in [1.82, 2.24) is 4.57 Å². The fraction of sp³-hybridized carbons (Fsp3) is 0.115. The van der Waals surface area contributed by atoms with E-state index in [9.17, 15) is 23.2 Å². The van der Waals surface area contributed by atoms with Gasteiger partial charge in [-0.15, -0.1) is 0 Å². The summed E-state index contributed by atoms with van der Waals surface area (Å²) < 4.78 is 39.4. The Balaban J connectivity index is 1.59. The molecule has 1 aromatic heterocycles. The van der Waals surface area contributed by atoms with Gasteiger partial charge in [0.25, 0.3) is 0 Å². The summed E-state index contributed by atoms with van der Waals surface area (Å²) in [6.45, 7) is 0.273. The number of aromatic nitrogens is 1. The number of carbonyl (C=O) groups is 2. The molecule has 3 aromatic carbocycles. The Morgan fingerprint density at radius 2 is 1.64 bits per heavy atom. The molecule has 0 spiro atoms. The van der Waals surface area contributed by atoms with Gasteiger partial charge in [0, 0.05) is 34.6 Å². The first kappa shape index (κ1) is 23.5. The van der Waals surface area contributed by atoms with Crippen LogP contribution in [-0.4, -0.2) is 29.5 Å². The zero-order valence-electron chi connectivity index (χ0n) is 18.5. The van der Waals surface area contributed by atoms with E-state index in [-0.39, 0.29) is 28.7 Å². The number of hydrogen-bond acceptors (Lipinski definition) is 5. The minimum atomic E-state index is -1.11. The minimum absolute atomic E-state index is 0.0517. The topological polar surface area (TPSA) is 86.6 Å². The van der Waals surface area contributed by atoms with Gasteiger partial charge in [0.15, 0.2) is 28.9 Å². The van der Waals surface area contributed by atoms with Crippen LogP contribution in [0, 0.1) is 11.6 Å². The summed E-state index contributed by atoms with van der Waals surface area (Å²) in [4.78, 5) is 39.4. The van der Waals surface area contributed by atoms with Gasteiger partial charge in [-0.3, -0.25) is 14.4 Å². The quantitative estimate of drug-likeness (QED) is 0.397. The second-order valence-corrected chi connectivity index (χ2v) is 8.46. The molecule has 1 aliphatic rings. The van der Waals surface area contributed by atoms with Crippen LogP contribution in [0.4, 0.5) is 14.5 Å². The van der Waals surface area contributed by atoms with Crippen LogP contribution in [0.3, 0.4) is 0 Å². The van der Waals surface area contributed by atoms with Crippen molar-refractivity contribution in [1.29, 1.82) is 0 Å². The van der Waals surface area contributed by atoms with E-state index in [1.165, 1.54) is 47.2 Å². The predicted molar refractivity (Wildman–Crippen MR) is 129 cm³/mol. The number of anilines is 1. The van der Waals surface area contributed by atoms with E-state index in [4.69, 9.17) is 21.1 Å². The molecule has 0 radical (unpaired) electrons. The molecule has 0 saturated heterocycles. The summed E-state index contributed by atoms with van der Waals surface area (Å²) in [6.07, 6.45) is 1.29. The number of nitrogens with zero attached hydrogens (tertiary/aromatic N) is 1. The molecule has 0 unspecified atom stereocenters. The van der Waals surface area contributed by atoms with E-state index in [0.717, 1.165) is 12.1 Å². The Bertz CT molecular complexity index is 1580. The average molecular weight is 511 g/mol. The van der Waals surface area contributed by atoms with Crippen LogP contribution < -0.4 is 20.2 Å². The minimum Gasteiger partial charge on any atom is -0.486 e. The number of hydrogen-bond donors (Lipinski definition) is 1. The molecule has 1 amide bonds. The molecule has 36 heavy (non-hydrogen) atoms. The third kappa shape index (κ3) is 4.52. The standard InChI is InChI=1S/C26H17ClF2N2O5/c27-15-3-1-14(2-4-15)25(33)18-12-31(13-24(32)30-16-5-6-19(28)20(29)9-16)21-11-23-22(35-7-8-36-23)10-17(21)26(18)34/h1-6,9-12H,7-8,13H2,(H,30,32). The van der Waals surface area contributed by atoms with Gasteiger partial charge in [0.2, 0.25) is 11.3 Å². The molecule has 5 rings (SSSR count). The predicted octanol–water partition coefficient (Wildman–Crippen LogP) is 4.57. The van der Waals surface area contributed by atoms with Gasteiger partial charge in [-0.1, -0.05) is 11.6 Å². The lowest BCUT2D eigenvalue weighted by molar-refractivity contribution is -0.116. The summed E-state index contributed by atoms with van der Waals surface area (Å²) in [5.41, 5.74) is -0.0827. The van der Waals surface area contributed by atoms with Crippen molar-refractivity contribution in [2.45, 2.75) is 6.54 Å². The molecule has 0 atom stereocenters.